The lowest BCUT2D eigenvalue weighted by Crippen LogP contribution is -2.32. The number of carbonyl (C=O) groups is 3. The van der Waals surface area contributed by atoms with Gasteiger partial charge in [-0.15, -0.1) is 0 Å². The molecule has 1 unspecified atom stereocenters. The van der Waals surface area contributed by atoms with Crippen LogP contribution in [0.25, 0.3) is 27.2 Å². The van der Waals surface area contributed by atoms with Crippen molar-refractivity contribution in [2.75, 3.05) is 20.6 Å². The highest BCUT2D eigenvalue weighted by atomic mass is 16.2. The molecule has 1 aliphatic carbocycles. The normalized spacial score (nSPS) is 16.3. The van der Waals surface area contributed by atoms with Gasteiger partial charge in [0.2, 0.25) is 0 Å². The van der Waals surface area contributed by atoms with E-state index in [-0.39, 0.29) is 17.3 Å². The summed E-state index contributed by atoms with van der Waals surface area (Å²) in [5.41, 5.74) is 2.96. The van der Waals surface area contributed by atoms with Gasteiger partial charge in [0.1, 0.15) is 0 Å². The van der Waals surface area contributed by atoms with Crippen LogP contribution in [0.4, 0.5) is 0 Å². The Hall–Kier alpha value is -3.38. The average Bonchev–Trinajstić information content (AvgIpc) is 3.06. The largest absolute Gasteiger partial charge is 0.309 e. The molecule has 0 aliphatic heterocycles. The molecule has 0 amide bonds. The zero-order valence-corrected chi connectivity index (χ0v) is 17.1. The highest BCUT2D eigenvalue weighted by Crippen LogP contribution is 2.40. The predicted octanol–water partition coefficient (Wildman–Crippen LogP) is 3.79. The Morgan fingerprint density at radius 3 is 2.57 bits per heavy atom. The monoisotopic (exact) mass is 399 g/mol. The second-order valence-electron chi connectivity index (χ2n) is 8.19. The summed E-state index contributed by atoms with van der Waals surface area (Å²) in [6, 6.07) is 9.45. The number of ketones is 3. The van der Waals surface area contributed by atoms with Crippen LogP contribution in [0.1, 0.15) is 44.4 Å². The van der Waals surface area contributed by atoms with Crippen LogP contribution >= 0.6 is 0 Å². The first-order chi connectivity index (χ1) is 14.4. The lowest BCUT2D eigenvalue weighted by atomic mass is 9.81. The molecule has 30 heavy (non-hydrogen) atoms. The molecule has 2 aromatic carbocycles. The van der Waals surface area contributed by atoms with E-state index in [1.54, 1.807) is 16.9 Å². The van der Waals surface area contributed by atoms with E-state index in [9.17, 15) is 14.4 Å². The van der Waals surface area contributed by atoms with Gasteiger partial charge in [0.25, 0.3) is 0 Å². The van der Waals surface area contributed by atoms with Crippen molar-refractivity contribution in [3.8, 4) is 0 Å². The Balaban J connectivity index is 1.93. The van der Waals surface area contributed by atoms with Gasteiger partial charge in [-0.25, -0.2) is 4.98 Å². The highest BCUT2D eigenvalue weighted by Gasteiger charge is 2.39. The van der Waals surface area contributed by atoms with Gasteiger partial charge in [0.15, 0.2) is 17.3 Å². The van der Waals surface area contributed by atoms with E-state index in [1.807, 2.05) is 49.3 Å². The molecule has 6 heteroatoms. The summed E-state index contributed by atoms with van der Waals surface area (Å²) in [4.78, 5) is 45.4. The maximum atomic E-state index is 13.6. The van der Waals surface area contributed by atoms with Gasteiger partial charge in [-0.3, -0.25) is 18.8 Å². The first kappa shape index (κ1) is 18.6. The second kappa shape index (κ2) is 6.57. The van der Waals surface area contributed by atoms with Crippen LogP contribution in [0.5, 0.6) is 0 Å². The van der Waals surface area contributed by atoms with E-state index in [4.69, 9.17) is 0 Å². The third kappa shape index (κ3) is 2.47. The van der Waals surface area contributed by atoms with Crippen molar-refractivity contribution in [2.24, 2.45) is 5.92 Å². The SMILES string of the molecule is CC(=O)c1cc2c(c3c4c(cncn42)C(=O)C(CCN(C)C)C3=O)c2ccccc12. The van der Waals surface area contributed by atoms with Gasteiger partial charge in [0, 0.05) is 17.1 Å². The molecule has 2 heterocycles. The number of carbonyl (C=O) groups excluding carboxylic acids is 3. The number of benzene rings is 2. The summed E-state index contributed by atoms with van der Waals surface area (Å²) >= 11 is 0. The number of rotatable bonds is 4. The average molecular weight is 399 g/mol. The fourth-order valence-electron chi connectivity index (χ4n) is 4.63. The molecule has 0 radical (unpaired) electrons. The van der Waals surface area contributed by atoms with Crippen molar-refractivity contribution in [3.63, 3.8) is 0 Å². The smallest absolute Gasteiger partial charge is 0.177 e. The summed E-state index contributed by atoms with van der Waals surface area (Å²) in [7, 11) is 3.85. The fraction of sp³-hybridized carbons (Fsp3) is 0.250. The van der Waals surface area contributed by atoms with Crippen LogP contribution in [0.2, 0.25) is 0 Å². The molecule has 0 spiro atoms. The summed E-state index contributed by atoms with van der Waals surface area (Å²) in [5, 5.41) is 2.45. The molecule has 4 aromatic rings. The zero-order chi connectivity index (χ0) is 21.2. The van der Waals surface area contributed by atoms with Crippen LogP contribution in [0.15, 0.2) is 42.9 Å². The molecule has 1 atom stereocenters. The van der Waals surface area contributed by atoms with Gasteiger partial charge >= 0.3 is 0 Å². The van der Waals surface area contributed by atoms with E-state index in [1.165, 1.54) is 6.92 Å². The molecule has 0 N–H and O–H groups in total. The minimum absolute atomic E-state index is 0.0464. The number of nitrogens with zero attached hydrogens (tertiary/aromatic N) is 3. The fourth-order valence-corrected chi connectivity index (χ4v) is 4.63. The maximum Gasteiger partial charge on any atom is 0.177 e. The Morgan fingerprint density at radius 1 is 1.13 bits per heavy atom. The number of hydrogen-bond acceptors (Lipinski definition) is 5. The number of aromatic nitrogens is 2. The van der Waals surface area contributed by atoms with Crippen molar-refractivity contribution in [1.82, 2.24) is 14.3 Å². The quantitative estimate of drug-likeness (QED) is 0.386. The molecule has 6 nitrogen and oxygen atoms in total. The summed E-state index contributed by atoms with van der Waals surface area (Å²) in [6.07, 6.45) is 3.63. The maximum absolute atomic E-state index is 13.6. The Kier molecular flexibility index (Phi) is 4.08. The molecular formula is C24H21N3O3. The summed E-state index contributed by atoms with van der Waals surface area (Å²) in [5.74, 6) is -1.08. The standard InChI is InChI=1S/C24H21N3O3/c1-13(28)17-10-19-20(15-7-5-4-6-14(15)17)21-22-18(11-25-12-27(19)22)23(29)16(24(21)30)8-9-26(2)3/h4-7,10-12,16H,8-9H2,1-3H3. The van der Waals surface area contributed by atoms with E-state index in [0.717, 1.165) is 21.7 Å². The molecule has 0 saturated heterocycles. The van der Waals surface area contributed by atoms with Crippen molar-refractivity contribution in [3.05, 3.63) is 59.5 Å². The van der Waals surface area contributed by atoms with Gasteiger partial charge < -0.3 is 4.90 Å². The molecule has 0 saturated carbocycles. The lowest BCUT2D eigenvalue weighted by molar-refractivity contribution is 0.0788. The van der Waals surface area contributed by atoms with Gasteiger partial charge in [0.05, 0.1) is 34.4 Å². The minimum Gasteiger partial charge on any atom is -0.309 e. The van der Waals surface area contributed by atoms with Crippen molar-refractivity contribution >= 4 is 44.5 Å². The van der Waals surface area contributed by atoms with Crippen molar-refractivity contribution in [1.29, 1.82) is 0 Å². The number of fused-ring (bicyclic) bond motifs is 5. The zero-order valence-electron chi connectivity index (χ0n) is 17.1. The van der Waals surface area contributed by atoms with Crippen molar-refractivity contribution in [2.45, 2.75) is 13.3 Å². The Morgan fingerprint density at radius 2 is 1.87 bits per heavy atom. The first-order valence-electron chi connectivity index (χ1n) is 9.97. The second-order valence-corrected chi connectivity index (χ2v) is 8.19. The first-order valence-corrected chi connectivity index (χ1v) is 9.97. The molecule has 0 fully saturated rings. The highest BCUT2D eigenvalue weighted by molar-refractivity contribution is 6.34. The molecular weight excluding hydrogens is 378 g/mol. The minimum atomic E-state index is -0.718. The van der Waals surface area contributed by atoms with Gasteiger partial charge in [-0.05, 0) is 50.8 Å². The molecule has 0 bridgehead atoms. The number of hydrogen-bond donors (Lipinski definition) is 0. The third-order valence-electron chi connectivity index (χ3n) is 6.04. The molecule has 150 valence electrons. The molecule has 1 aliphatic rings. The topological polar surface area (TPSA) is 71.8 Å². The van der Waals surface area contributed by atoms with E-state index in [2.05, 4.69) is 4.98 Å². The van der Waals surface area contributed by atoms with E-state index >= 15 is 0 Å². The number of Topliss-reactive ketones (excluding diaryl/α,β-unsaturated/α-hetero) is 3. The van der Waals surface area contributed by atoms with Crippen LogP contribution in [-0.4, -0.2) is 52.3 Å². The van der Waals surface area contributed by atoms with Crippen LogP contribution in [-0.2, 0) is 0 Å². The van der Waals surface area contributed by atoms with Crippen LogP contribution in [0.3, 0.4) is 0 Å². The van der Waals surface area contributed by atoms with Gasteiger partial charge in [-0.2, -0.15) is 0 Å². The predicted molar refractivity (Wildman–Crippen MR) is 116 cm³/mol. The summed E-state index contributed by atoms with van der Waals surface area (Å²) in [6.45, 7) is 2.18. The van der Waals surface area contributed by atoms with Crippen molar-refractivity contribution < 1.29 is 14.4 Å². The van der Waals surface area contributed by atoms with Crippen LogP contribution < -0.4 is 0 Å². The summed E-state index contributed by atoms with van der Waals surface area (Å²) < 4.78 is 1.79. The lowest BCUT2D eigenvalue weighted by Gasteiger charge is -2.22. The third-order valence-corrected chi connectivity index (χ3v) is 6.04. The van der Waals surface area contributed by atoms with Gasteiger partial charge in [-0.1, -0.05) is 24.3 Å². The van der Waals surface area contributed by atoms with Crippen LogP contribution in [0, 0.1) is 5.92 Å². The Labute approximate surface area is 173 Å². The molecule has 5 rings (SSSR count). The van der Waals surface area contributed by atoms with E-state index in [0.29, 0.717) is 35.2 Å². The Bertz CT molecular complexity index is 1400. The molecule has 2 aromatic heterocycles. The van der Waals surface area contributed by atoms with E-state index < -0.39 is 5.92 Å².